The van der Waals surface area contributed by atoms with Gasteiger partial charge >= 0.3 is 0 Å². The molecule has 0 aliphatic carbocycles. The molecule has 0 radical (unpaired) electrons. The predicted molar refractivity (Wildman–Crippen MR) is 148 cm³/mol. The number of ether oxygens (including phenoxy) is 1. The summed E-state index contributed by atoms with van der Waals surface area (Å²) in [4.78, 5) is 17.6. The van der Waals surface area contributed by atoms with Crippen molar-refractivity contribution in [2.24, 2.45) is 0 Å². The first-order valence-corrected chi connectivity index (χ1v) is 14.9. The molecule has 3 aromatic rings. The van der Waals surface area contributed by atoms with Crippen LogP contribution in [0.3, 0.4) is 0 Å². The van der Waals surface area contributed by atoms with Gasteiger partial charge in [0, 0.05) is 34.3 Å². The first-order valence-electron chi connectivity index (χ1n) is 12.7. The first-order chi connectivity index (χ1) is 18.3. The van der Waals surface area contributed by atoms with Crippen LogP contribution in [0.4, 0.5) is 0 Å². The number of sulfonamides is 1. The van der Waals surface area contributed by atoms with E-state index in [1.165, 1.54) is 16.4 Å². The fourth-order valence-electron chi connectivity index (χ4n) is 5.07. The van der Waals surface area contributed by atoms with Crippen LogP contribution in [0.15, 0.2) is 47.4 Å². The second kappa shape index (κ2) is 11.4. The Hall–Kier alpha value is -2.43. The first kappa shape index (κ1) is 27.1. The Morgan fingerprint density at radius 2 is 1.92 bits per heavy atom. The molecule has 5 rings (SSSR count). The normalized spacial score (nSPS) is 19.1. The second-order valence-electron chi connectivity index (χ2n) is 9.71. The number of aromatic nitrogens is 1. The summed E-state index contributed by atoms with van der Waals surface area (Å²) < 4.78 is 34.9. The molecule has 1 amide bonds. The monoisotopic (exact) mass is 576 g/mol. The van der Waals surface area contributed by atoms with E-state index in [0.29, 0.717) is 34.7 Å². The highest BCUT2D eigenvalue weighted by Crippen LogP contribution is 2.36. The molecule has 1 aromatic heterocycles. The minimum Gasteiger partial charge on any atom is -0.487 e. The highest BCUT2D eigenvalue weighted by molar-refractivity contribution is 7.89. The van der Waals surface area contributed by atoms with Crippen molar-refractivity contribution in [3.63, 3.8) is 0 Å². The predicted octanol–water partition coefficient (Wildman–Crippen LogP) is 4.45. The van der Waals surface area contributed by atoms with E-state index >= 15 is 0 Å². The number of aryl methyl sites for hydroxylation is 1. The van der Waals surface area contributed by atoms with Crippen LogP contribution in [-0.4, -0.2) is 55.3 Å². The van der Waals surface area contributed by atoms with Crippen molar-refractivity contribution >= 4 is 50.0 Å². The summed E-state index contributed by atoms with van der Waals surface area (Å²) in [6, 6.07) is 11.7. The summed E-state index contributed by atoms with van der Waals surface area (Å²) in [6.07, 6.45) is 2.70. The van der Waals surface area contributed by atoms with Crippen molar-refractivity contribution in [3.8, 4) is 5.75 Å². The van der Waals surface area contributed by atoms with Gasteiger partial charge in [-0.15, -0.1) is 0 Å². The number of benzene rings is 2. The molecule has 2 N–H and O–H groups in total. The highest BCUT2D eigenvalue weighted by atomic mass is 35.5. The van der Waals surface area contributed by atoms with Gasteiger partial charge in [0.1, 0.15) is 28.8 Å². The van der Waals surface area contributed by atoms with E-state index < -0.39 is 16.1 Å². The van der Waals surface area contributed by atoms with Gasteiger partial charge in [0.25, 0.3) is 0 Å². The lowest BCUT2D eigenvalue weighted by Gasteiger charge is -2.28. The van der Waals surface area contributed by atoms with Crippen LogP contribution < -0.4 is 15.4 Å². The molecular weight excluding hydrogens is 547 g/mol. The van der Waals surface area contributed by atoms with E-state index in [-0.39, 0.29) is 35.0 Å². The summed E-state index contributed by atoms with van der Waals surface area (Å²) in [5.41, 5.74) is 1.90. The zero-order chi connectivity index (χ0) is 26.9. The van der Waals surface area contributed by atoms with Crippen LogP contribution in [-0.2, 0) is 21.4 Å². The van der Waals surface area contributed by atoms with Gasteiger partial charge in [-0.25, -0.2) is 13.4 Å². The van der Waals surface area contributed by atoms with Crippen molar-refractivity contribution in [2.45, 2.75) is 56.2 Å². The minimum atomic E-state index is -4.07. The van der Waals surface area contributed by atoms with Crippen LogP contribution in [0, 0.1) is 6.92 Å². The van der Waals surface area contributed by atoms with Gasteiger partial charge in [0.15, 0.2) is 0 Å². The smallest absolute Gasteiger partial charge is 0.245 e. The van der Waals surface area contributed by atoms with Crippen molar-refractivity contribution in [2.75, 3.05) is 19.6 Å². The van der Waals surface area contributed by atoms with Gasteiger partial charge in [-0.1, -0.05) is 41.4 Å². The van der Waals surface area contributed by atoms with Gasteiger partial charge in [0.2, 0.25) is 15.9 Å². The Labute approximate surface area is 232 Å². The fourth-order valence-corrected chi connectivity index (χ4v) is 7.59. The molecule has 1 atom stereocenters. The molecule has 11 heteroatoms. The number of hydrogen-bond donors (Lipinski definition) is 2. The van der Waals surface area contributed by atoms with E-state index in [1.807, 2.05) is 31.2 Å². The number of halogens is 2. The highest BCUT2D eigenvalue weighted by Gasteiger charge is 2.41. The number of fused-ring (bicyclic) bond motifs is 1. The zero-order valence-electron chi connectivity index (χ0n) is 21.0. The molecule has 38 heavy (non-hydrogen) atoms. The molecule has 0 spiro atoms. The van der Waals surface area contributed by atoms with Gasteiger partial charge in [-0.3, -0.25) is 4.79 Å². The fraction of sp³-hybridized carbons (Fsp3) is 0.407. The van der Waals surface area contributed by atoms with Gasteiger partial charge in [0.05, 0.1) is 5.02 Å². The number of rotatable bonds is 7. The summed E-state index contributed by atoms with van der Waals surface area (Å²) in [6.45, 7) is 3.76. The number of nitrogens with one attached hydrogen (secondary N) is 2. The average Bonchev–Trinajstić information content (AvgIpc) is 3.40. The Balaban J connectivity index is 1.39. The molecule has 202 valence electrons. The Morgan fingerprint density at radius 3 is 2.71 bits per heavy atom. The van der Waals surface area contributed by atoms with Crippen LogP contribution in [0.5, 0.6) is 5.75 Å². The zero-order valence-corrected chi connectivity index (χ0v) is 23.4. The standard InChI is InChI=1S/C27H30Cl2N4O4S/c1-17-7-8-18-4-2-6-23(26(18)31-17)37-16-20-21(28)9-10-24(25(20)29)38(35,36)33-15-3-5-22(33)27(34)32-19-11-13-30-14-12-19/h2,4,6-10,19,22,30H,3,5,11-16H2,1H3,(H,32,34). The van der Waals surface area contributed by atoms with Gasteiger partial charge < -0.3 is 15.4 Å². The average molecular weight is 578 g/mol. The largest absolute Gasteiger partial charge is 0.487 e. The molecule has 2 saturated heterocycles. The maximum Gasteiger partial charge on any atom is 0.245 e. The summed E-state index contributed by atoms with van der Waals surface area (Å²) in [7, 11) is -4.07. The lowest BCUT2D eigenvalue weighted by atomic mass is 10.1. The SMILES string of the molecule is Cc1ccc2cccc(OCc3c(Cl)ccc(S(=O)(=O)N4CCCC4C(=O)NC4CCNCC4)c3Cl)c2n1. The number of carbonyl (C=O) groups is 1. The Bertz CT molecular complexity index is 1460. The number of hydrogen-bond acceptors (Lipinski definition) is 6. The van der Waals surface area contributed by atoms with Crippen LogP contribution in [0.2, 0.25) is 10.0 Å². The maximum absolute atomic E-state index is 13.8. The lowest BCUT2D eigenvalue weighted by Crippen LogP contribution is -2.51. The van der Waals surface area contributed by atoms with Crippen molar-refractivity contribution in [1.29, 1.82) is 0 Å². The van der Waals surface area contributed by atoms with E-state index in [0.717, 1.165) is 37.0 Å². The maximum atomic E-state index is 13.8. The molecular formula is C27H30Cl2N4O4S. The summed E-state index contributed by atoms with van der Waals surface area (Å²) in [5, 5.41) is 7.51. The quantitative estimate of drug-likeness (QED) is 0.431. The molecule has 0 saturated carbocycles. The molecule has 2 fully saturated rings. The van der Waals surface area contributed by atoms with Crippen LogP contribution >= 0.6 is 23.2 Å². The molecule has 2 aliphatic heterocycles. The Kier molecular flexibility index (Phi) is 8.11. The molecule has 8 nitrogen and oxygen atoms in total. The van der Waals surface area contributed by atoms with E-state index in [1.54, 1.807) is 6.07 Å². The topological polar surface area (TPSA) is 101 Å². The third-order valence-corrected chi connectivity index (χ3v) is 9.97. The lowest BCUT2D eigenvalue weighted by molar-refractivity contribution is -0.125. The number of nitrogens with zero attached hydrogens (tertiary/aromatic N) is 2. The molecule has 3 heterocycles. The van der Waals surface area contributed by atoms with Crippen LogP contribution in [0.25, 0.3) is 10.9 Å². The Morgan fingerprint density at radius 1 is 1.13 bits per heavy atom. The van der Waals surface area contributed by atoms with Crippen molar-refractivity contribution < 1.29 is 17.9 Å². The van der Waals surface area contributed by atoms with E-state index in [4.69, 9.17) is 27.9 Å². The molecule has 1 unspecified atom stereocenters. The van der Waals surface area contributed by atoms with Crippen molar-refractivity contribution in [3.05, 3.63) is 63.8 Å². The summed E-state index contributed by atoms with van der Waals surface area (Å²) in [5.74, 6) is 0.283. The van der Waals surface area contributed by atoms with Crippen molar-refractivity contribution in [1.82, 2.24) is 19.9 Å². The second-order valence-corrected chi connectivity index (χ2v) is 12.4. The van der Waals surface area contributed by atoms with Crippen LogP contribution in [0.1, 0.15) is 36.9 Å². The summed E-state index contributed by atoms with van der Waals surface area (Å²) >= 11 is 13.1. The third-order valence-electron chi connectivity index (χ3n) is 7.12. The number of para-hydroxylation sites is 1. The third kappa shape index (κ3) is 5.49. The van der Waals surface area contributed by atoms with Gasteiger partial charge in [-0.2, -0.15) is 4.31 Å². The molecule has 2 aliphatic rings. The van der Waals surface area contributed by atoms with E-state index in [2.05, 4.69) is 15.6 Å². The number of pyridine rings is 1. The number of piperidine rings is 1. The van der Waals surface area contributed by atoms with Gasteiger partial charge in [-0.05, 0) is 70.0 Å². The van der Waals surface area contributed by atoms with E-state index in [9.17, 15) is 13.2 Å². The molecule has 2 aromatic carbocycles. The number of carbonyl (C=O) groups excluding carboxylic acids is 1. The molecule has 0 bridgehead atoms. The minimum absolute atomic E-state index is 0.00807. The number of amides is 1.